The molecule has 0 saturated carbocycles. The summed E-state index contributed by atoms with van der Waals surface area (Å²) in [6.07, 6.45) is 2.13. The van der Waals surface area contributed by atoms with Gasteiger partial charge in [-0.15, -0.1) is 0 Å². The van der Waals surface area contributed by atoms with Crippen LogP contribution in [0.4, 0.5) is 5.82 Å². The Kier molecular flexibility index (Phi) is 5.29. The number of nitrogens with two attached hydrogens (primary N) is 1. The van der Waals surface area contributed by atoms with E-state index in [0.717, 1.165) is 7.11 Å². The van der Waals surface area contributed by atoms with Crippen LogP contribution >= 0.6 is 7.82 Å². The molecule has 2 aromatic heterocycles. The van der Waals surface area contributed by atoms with Gasteiger partial charge in [0.15, 0.2) is 11.5 Å². The van der Waals surface area contributed by atoms with Gasteiger partial charge in [0.2, 0.25) is 0 Å². The van der Waals surface area contributed by atoms with Crippen molar-refractivity contribution >= 4 is 24.8 Å². The lowest BCUT2D eigenvalue weighted by atomic mass is 9.97. The fraction of sp³-hybridized carbons (Fsp3) is 0.643. The molecule has 12 heteroatoms. The molecule has 2 aromatic rings. The molecule has 1 saturated heterocycles. The zero-order valence-electron chi connectivity index (χ0n) is 14.7. The summed E-state index contributed by atoms with van der Waals surface area (Å²) in [5.41, 5.74) is 5.89. The summed E-state index contributed by atoms with van der Waals surface area (Å²) in [4.78, 5) is 22.0. The molecule has 144 valence electrons. The van der Waals surface area contributed by atoms with Gasteiger partial charge in [-0.05, 0) is 13.3 Å². The summed E-state index contributed by atoms with van der Waals surface area (Å²) in [5, 5.41) is 0. The average molecular weight is 387 g/mol. The number of hydrogen-bond donors (Lipinski definition) is 2. The van der Waals surface area contributed by atoms with Crippen LogP contribution in [0.15, 0.2) is 12.7 Å². The van der Waals surface area contributed by atoms with Gasteiger partial charge >= 0.3 is 7.82 Å². The molecule has 1 aliphatic heterocycles. The Hall–Kier alpha value is -1.62. The maximum Gasteiger partial charge on any atom is 0.472 e. The molecular formula is C14H22N5O6P. The smallest absolute Gasteiger partial charge is 0.382 e. The highest BCUT2D eigenvalue weighted by atomic mass is 31.2. The van der Waals surface area contributed by atoms with Crippen LogP contribution in [0.5, 0.6) is 0 Å². The fourth-order valence-electron chi connectivity index (χ4n) is 2.97. The van der Waals surface area contributed by atoms with Gasteiger partial charge in [0, 0.05) is 7.11 Å². The molecule has 4 atom stereocenters. The number of nitrogens with zero attached hydrogens (tertiary/aromatic N) is 4. The summed E-state index contributed by atoms with van der Waals surface area (Å²) >= 11 is 0. The van der Waals surface area contributed by atoms with Crippen LogP contribution in [-0.2, 0) is 23.1 Å². The molecule has 3 N–H and O–H groups in total. The van der Waals surface area contributed by atoms with E-state index in [4.69, 9.17) is 19.7 Å². The van der Waals surface area contributed by atoms with E-state index < -0.39 is 25.8 Å². The minimum absolute atomic E-state index is 0.119. The van der Waals surface area contributed by atoms with Gasteiger partial charge < -0.3 is 20.1 Å². The van der Waals surface area contributed by atoms with Gasteiger partial charge in [0.1, 0.15) is 29.8 Å². The standard InChI is InChI=1S/C14H22N5O6P/c1-4-14(6-23-5-10(14)25-26(20,21)22-3)24-9(2)19-8-18-11-12(15)16-7-17-13(11)19/h7-10H,4-6H2,1-3H3,(H,20,21)(H2,15,16,17)/t9?,10?,14-/m0/s1. The predicted octanol–water partition coefficient (Wildman–Crippen LogP) is 1.25. The maximum absolute atomic E-state index is 11.8. The lowest BCUT2D eigenvalue weighted by Crippen LogP contribution is -2.46. The first-order valence-corrected chi connectivity index (χ1v) is 9.57. The van der Waals surface area contributed by atoms with Gasteiger partial charge in [-0.3, -0.25) is 13.6 Å². The number of nitrogen functional groups attached to an aromatic ring is 1. The zero-order chi connectivity index (χ0) is 18.9. The Labute approximate surface area is 150 Å². The molecule has 0 radical (unpaired) electrons. The molecule has 0 bridgehead atoms. The SMILES string of the molecule is CC[C@]1(OC(C)n2cnc3c(N)ncnc32)COCC1OP(=O)(O)OC. The van der Waals surface area contributed by atoms with Crippen molar-refractivity contribution in [3.8, 4) is 0 Å². The summed E-state index contributed by atoms with van der Waals surface area (Å²) < 4.78 is 35.0. The highest BCUT2D eigenvalue weighted by Gasteiger charge is 2.49. The highest BCUT2D eigenvalue weighted by molar-refractivity contribution is 7.47. The first-order chi connectivity index (χ1) is 12.3. The Balaban J connectivity index is 1.86. The summed E-state index contributed by atoms with van der Waals surface area (Å²) in [6.45, 7) is 4.03. The summed E-state index contributed by atoms with van der Waals surface area (Å²) in [5.74, 6) is 0.276. The molecular weight excluding hydrogens is 365 g/mol. The van der Waals surface area contributed by atoms with Gasteiger partial charge in [0.05, 0.1) is 19.5 Å². The molecule has 3 unspecified atom stereocenters. The fourth-order valence-corrected chi connectivity index (χ4v) is 3.63. The van der Waals surface area contributed by atoms with Crippen LogP contribution in [0.2, 0.25) is 0 Å². The second kappa shape index (κ2) is 7.18. The Morgan fingerprint density at radius 2 is 2.31 bits per heavy atom. The molecule has 0 aliphatic carbocycles. The summed E-state index contributed by atoms with van der Waals surface area (Å²) in [7, 11) is -3.07. The number of hydrogen-bond acceptors (Lipinski definition) is 9. The zero-order valence-corrected chi connectivity index (χ0v) is 15.6. The van der Waals surface area contributed by atoms with Crippen molar-refractivity contribution in [2.24, 2.45) is 0 Å². The minimum Gasteiger partial charge on any atom is -0.382 e. The number of rotatable bonds is 7. The average Bonchev–Trinajstić information content (AvgIpc) is 3.20. The van der Waals surface area contributed by atoms with Crippen LogP contribution in [-0.4, -0.2) is 56.4 Å². The Bertz CT molecular complexity index is 831. The van der Waals surface area contributed by atoms with E-state index >= 15 is 0 Å². The highest BCUT2D eigenvalue weighted by Crippen LogP contribution is 2.48. The van der Waals surface area contributed by atoms with Crippen molar-refractivity contribution in [1.29, 1.82) is 0 Å². The van der Waals surface area contributed by atoms with E-state index in [0.29, 0.717) is 17.6 Å². The first kappa shape index (κ1) is 19.2. The number of ether oxygens (including phenoxy) is 2. The van der Waals surface area contributed by atoms with Crippen molar-refractivity contribution in [3.05, 3.63) is 12.7 Å². The Morgan fingerprint density at radius 3 is 3.00 bits per heavy atom. The van der Waals surface area contributed by atoms with Crippen LogP contribution in [0.3, 0.4) is 0 Å². The molecule has 1 aliphatic rings. The van der Waals surface area contributed by atoms with E-state index in [2.05, 4.69) is 19.5 Å². The van der Waals surface area contributed by atoms with Gasteiger partial charge in [-0.1, -0.05) is 6.92 Å². The van der Waals surface area contributed by atoms with Gasteiger partial charge in [-0.25, -0.2) is 19.5 Å². The van der Waals surface area contributed by atoms with Crippen LogP contribution < -0.4 is 5.73 Å². The van der Waals surface area contributed by atoms with Crippen molar-refractivity contribution in [2.75, 3.05) is 26.1 Å². The lowest BCUT2D eigenvalue weighted by Gasteiger charge is -2.35. The third-order valence-corrected chi connectivity index (χ3v) is 5.46. The number of aromatic nitrogens is 4. The number of anilines is 1. The van der Waals surface area contributed by atoms with Gasteiger partial charge in [-0.2, -0.15) is 0 Å². The maximum atomic E-state index is 11.8. The molecule has 3 rings (SSSR count). The summed E-state index contributed by atoms with van der Waals surface area (Å²) in [6, 6.07) is 0. The molecule has 0 amide bonds. The lowest BCUT2D eigenvalue weighted by molar-refractivity contribution is -0.153. The minimum atomic E-state index is -4.18. The number of fused-ring (bicyclic) bond motifs is 1. The van der Waals surface area contributed by atoms with E-state index in [1.54, 1.807) is 17.8 Å². The second-order valence-corrected chi connectivity index (χ2v) is 7.49. The third-order valence-electron chi connectivity index (χ3n) is 4.48. The van der Waals surface area contributed by atoms with Gasteiger partial charge in [0.25, 0.3) is 0 Å². The van der Waals surface area contributed by atoms with E-state index in [1.807, 2.05) is 6.92 Å². The molecule has 1 fully saturated rings. The normalized spacial score (nSPS) is 26.8. The van der Waals surface area contributed by atoms with Crippen molar-refractivity contribution in [1.82, 2.24) is 19.5 Å². The largest absolute Gasteiger partial charge is 0.472 e. The van der Waals surface area contributed by atoms with Crippen LogP contribution in [0.1, 0.15) is 26.5 Å². The molecule has 26 heavy (non-hydrogen) atoms. The number of phosphoric acid groups is 1. The quantitative estimate of drug-likeness (QED) is 0.666. The predicted molar refractivity (Wildman–Crippen MR) is 91.1 cm³/mol. The van der Waals surface area contributed by atoms with Crippen LogP contribution in [0, 0.1) is 0 Å². The molecule has 0 spiro atoms. The van der Waals surface area contributed by atoms with Crippen molar-refractivity contribution in [3.63, 3.8) is 0 Å². The topological polar surface area (TPSA) is 144 Å². The van der Waals surface area contributed by atoms with Crippen molar-refractivity contribution < 1.29 is 28.0 Å². The van der Waals surface area contributed by atoms with E-state index in [-0.39, 0.29) is 19.0 Å². The second-order valence-electron chi connectivity index (χ2n) is 5.98. The first-order valence-electron chi connectivity index (χ1n) is 8.07. The monoisotopic (exact) mass is 387 g/mol. The van der Waals surface area contributed by atoms with Crippen molar-refractivity contribution in [2.45, 2.75) is 38.2 Å². The Morgan fingerprint density at radius 1 is 1.54 bits per heavy atom. The number of imidazole rings is 1. The molecule has 11 nitrogen and oxygen atoms in total. The molecule has 3 heterocycles. The van der Waals surface area contributed by atoms with E-state index in [9.17, 15) is 9.46 Å². The van der Waals surface area contributed by atoms with Crippen LogP contribution in [0.25, 0.3) is 11.2 Å². The third kappa shape index (κ3) is 3.46. The molecule has 0 aromatic carbocycles. The van der Waals surface area contributed by atoms with E-state index in [1.165, 1.54) is 6.33 Å². The number of phosphoric ester groups is 1.